The van der Waals surface area contributed by atoms with Crippen molar-refractivity contribution < 1.29 is 4.42 Å². The predicted octanol–water partition coefficient (Wildman–Crippen LogP) is 3.32. The molecule has 0 fully saturated rings. The highest BCUT2D eigenvalue weighted by Gasteiger charge is 2.10. The van der Waals surface area contributed by atoms with E-state index in [2.05, 4.69) is 42.1 Å². The molecule has 0 aliphatic heterocycles. The molecule has 12 heavy (non-hydrogen) atoms. The van der Waals surface area contributed by atoms with Crippen LogP contribution in [0.25, 0.3) is 10.6 Å². The first-order valence-corrected chi connectivity index (χ1v) is 5.40. The van der Waals surface area contributed by atoms with Crippen LogP contribution >= 0.6 is 43.2 Å². The second-order valence-corrected chi connectivity index (χ2v) is 4.94. The Bertz CT molecular complexity index is 398. The van der Waals surface area contributed by atoms with Crippen LogP contribution < -0.4 is 0 Å². The first-order valence-electron chi connectivity index (χ1n) is 3.00. The summed E-state index contributed by atoms with van der Waals surface area (Å²) >= 11 is 7.97. The molecule has 0 spiro atoms. The monoisotopic (exact) mass is 308 g/mol. The van der Waals surface area contributed by atoms with Crippen LogP contribution in [-0.2, 0) is 0 Å². The number of nitrogens with zero attached hydrogens (tertiary/aromatic N) is 2. The summed E-state index contributed by atoms with van der Waals surface area (Å²) in [6.45, 7) is 0. The largest absolute Gasteiger partial charge is 0.457 e. The molecule has 0 bridgehead atoms. The van der Waals surface area contributed by atoms with Crippen molar-refractivity contribution in [3.63, 3.8) is 0 Å². The zero-order valence-corrected chi connectivity index (χ0v) is 9.61. The van der Waals surface area contributed by atoms with E-state index >= 15 is 0 Å². The summed E-state index contributed by atoms with van der Waals surface area (Å²) in [4.78, 5) is 0. The average molecular weight is 310 g/mol. The standard InChI is InChI=1S/C6H2Br2N2OS/c7-4-3(1-2-11-4)5-9-10-6(8)12-5/h1-2H. The number of hydrogen-bond donors (Lipinski definition) is 0. The van der Waals surface area contributed by atoms with Gasteiger partial charge in [0.2, 0.25) is 0 Å². The second kappa shape index (κ2) is 3.27. The lowest BCUT2D eigenvalue weighted by Crippen LogP contribution is -1.72. The van der Waals surface area contributed by atoms with E-state index < -0.39 is 0 Å². The molecule has 0 saturated heterocycles. The van der Waals surface area contributed by atoms with Crippen molar-refractivity contribution in [3.05, 3.63) is 20.9 Å². The number of furan rings is 1. The fraction of sp³-hybridized carbons (Fsp3) is 0. The van der Waals surface area contributed by atoms with Crippen LogP contribution in [0.4, 0.5) is 0 Å². The zero-order valence-electron chi connectivity index (χ0n) is 5.62. The van der Waals surface area contributed by atoms with Gasteiger partial charge >= 0.3 is 0 Å². The molecule has 0 aliphatic rings. The first kappa shape index (κ1) is 8.40. The molecule has 62 valence electrons. The van der Waals surface area contributed by atoms with E-state index in [-0.39, 0.29) is 0 Å². The van der Waals surface area contributed by atoms with Crippen LogP contribution in [0.15, 0.2) is 25.3 Å². The topological polar surface area (TPSA) is 38.9 Å². The van der Waals surface area contributed by atoms with Gasteiger partial charge < -0.3 is 4.42 Å². The van der Waals surface area contributed by atoms with Gasteiger partial charge in [0, 0.05) is 0 Å². The van der Waals surface area contributed by atoms with Gasteiger partial charge in [-0.1, -0.05) is 11.3 Å². The van der Waals surface area contributed by atoms with Crippen molar-refractivity contribution in [3.8, 4) is 10.6 Å². The molecule has 0 aromatic carbocycles. The molecule has 0 N–H and O–H groups in total. The first-order chi connectivity index (χ1) is 5.77. The molecule has 0 atom stereocenters. The van der Waals surface area contributed by atoms with E-state index in [9.17, 15) is 0 Å². The molecular weight excluding hydrogens is 308 g/mol. The quantitative estimate of drug-likeness (QED) is 0.811. The van der Waals surface area contributed by atoms with Crippen molar-refractivity contribution in [2.24, 2.45) is 0 Å². The second-order valence-electron chi connectivity index (χ2n) is 1.97. The summed E-state index contributed by atoms with van der Waals surface area (Å²) in [5, 5.41) is 8.62. The molecule has 0 amide bonds. The van der Waals surface area contributed by atoms with Crippen molar-refractivity contribution >= 4 is 43.2 Å². The molecule has 0 saturated carbocycles. The lowest BCUT2D eigenvalue weighted by atomic mass is 10.4. The van der Waals surface area contributed by atoms with E-state index in [1.54, 1.807) is 6.26 Å². The Labute approximate surface area is 89.1 Å². The summed E-state index contributed by atoms with van der Waals surface area (Å²) in [6, 6.07) is 1.84. The Morgan fingerprint density at radius 1 is 1.33 bits per heavy atom. The van der Waals surface area contributed by atoms with E-state index in [1.165, 1.54) is 11.3 Å². The van der Waals surface area contributed by atoms with Crippen molar-refractivity contribution in [2.45, 2.75) is 0 Å². The van der Waals surface area contributed by atoms with Gasteiger partial charge in [0.1, 0.15) is 0 Å². The van der Waals surface area contributed by atoms with E-state index in [0.717, 1.165) is 14.5 Å². The molecule has 2 aromatic rings. The highest BCUT2D eigenvalue weighted by atomic mass is 79.9. The number of aromatic nitrogens is 2. The fourth-order valence-electron chi connectivity index (χ4n) is 0.760. The van der Waals surface area contributed by atoms with Crippen LogP contribution in [-0.4, -0.2) is 10.2 Å². The highest BCUT2D eigenvalue weighted by molar-refractivity contribution is 9.11. The molecule has 6 heteroatoms. The van der Waals surface area contributed by atoms with Gasteiger partial charge in [-0.05, 0) is 37.9 Å². The van der Waals surface area contributed by atoms with E-state index in [0.29, 0.717) is 4.67 Å². The van der Waals surface area contributed by atoms with Crippen molar-refractivity contribution in [1.29, 1.82) is 0 Å². The summed E-state index contributed by atoms with van der Waals surface area (Å²) in [6.07, 6.45) is 1.61. The SMILES string of the molecule is Brc1nnc(-c2ccoc2Br)s1. The summed E-state index contributed by atoms with van der Waals surface area (Å²) in [5.41, 5.74) is 0.929. The average Bonchev–Trinajstić information content (AvgIpc) is 2.58. The minimum absolute atomic E-state index is 0.686. The third-order valence-electron chi connectivity index (χ3n) is 1.25. The van der Waals surface area contributed by atoms with Gasteiger partial charge in [0.25, 0.3) is 0 Å². The Balaban J connectivity index is 2.50. The van der Waals surface area contributed by atoms with Gasteiger partial charge in [-0.25, -0.2) is 0 Å². The van der Waals surface area contributed by atoms with Crippen LogP contribution in [0.1, 0.15) is 0 Å². The molecule has 2 heterocycles. The maximum atomic E-state index is 5.07. The van der Waals surface area contributed by atoms with Crippen LogP contribution in [0.5, 0.6) is 0 Å². The minimum atomic E-state index is 0.686. The lowest BCUT2D eigenvalue weighted by molar-refractivity contribution is 0.542. The van der Waals surface area contributed by atoms with Gasteiger partial charge in [-0.15, -0.1) is 10.2 Å². The van der Waals surface area contributed by atoms with E-state index in [1.807, 2.05) is 6.07 Å². The fourth-order valence-corrected chi connectivity index (χ4v) is 2.45. The third-order valence-corrected chi connectivity index (χ3v) is 3.25. The maximum absolute atomic E-state index is 5.07. The van der Waals surface area contributed by atoms with Gasteiger partial charge in [0.05, 0.1) is 11.8 Å². The Morgan fingerprint density at radius 2 is 2.17 bits per heavy atom. The van der Waals surface area contributed by atoms with Crippen LogP contribution in [0.2, 0.25) is 0 Å². The van der Waals surface area contributed by atoms with Crippen LogP contribution in [0.3, 0.4) is 0 Å². The molecule has 2 rings (SSSR count). The molecular formula is C6H2Br2N2OS. The number of rotatable bonds is 1. The number of halogens is 2. The molecule has 0 unspecified atom stereocenters. The molecule has 0 aliphatic carbocycles. The van der Waals surface area contributed by atoms with Gasteiger partial charge in [-0.3, -0.25) is 0 Å². The Morgan fingerprint density at radius 3 is 2.67 bits per heavy atom. The smallest absolute Gasteiger partial charge is 0.183 e. The summed E-state index contributed by atoms with van der Waals surface area (Å²) in [5.74, 6) is 0. The zero-order chi connectivity index (χ0) is 8.55. The minimum Gasteiger partial charge on any atom is -0.457 e. The Kier molecular flexibility index (Phi) is 2.29. The van der Waals surface area contributed by atoms with Gasteiger partial charge in [0.15, 0.2) is 13.6 Å². The maximum Gasteiger partial charge on any atom is 0.183 e. The highest BCUT2D eigenvalue weighted by Crippen LogP contribution is 2.32. The molecule has 3 nitrogen and oxygen atoms in total. The predicted molar refractivity (Wildman–Crippen MR) is 53.0 cm³/mol. The summed E-state index contributed by atoms with van der Waals surface area (Å²) in [7, 11) is 0. The van der Waals surface area contributed by atoms with Gasteiger partial charge in [-0.2, -0.15) is 0 Å². The molecule has 0 radical (unpaired) electrons. The molecule has 2 aromatic heterocycles. The van der Waals surface area contributed by atoms with Crippen molar-refractivity contribution in [1.82, 2.24) is 10.2 Å². The third kappa shape index (κ3) is 1.46. The van der Waals surface area contributed by atoms with E-state index in [4.69, 9.17) is 4.42 Å². The number of hydrogen-bond acceptors (Lipinski definition) is 4. The van der Waals surface area contributed by atoms with Crippen LogP contribution in [0, 0.1) is 0 Å². The normalized spacial score (nSPS) is 10.5. The Hall–Kier alpha value is -0.200. The summed E-state index contributed by atoms with van der Waals surface area (Å²) < 4.78 is 6.52. The lowest BCUT2D eigenvalue weighted by Gasteiger charge is -1.86. The van der Waals surface area contributed by atoms with Crippen molar-refractivity contribution in [2.75, 3.05) is 0 Å².